The van der Waals surface area contributed by atoms with Gasteiger partial charge in [-0.3, -0.25) is 0 Å². The van der Waals surface area contributed by atoms with Gasteiger partial charge in [-0.05, 0) is 0 Å². The molecule has 7 heteroatoms. The second-order valence-corrected chi connectivity index (χ2v) is 31.2. The molecule has 1 aliphatic heterocycles. The van der Waals surface area contributed by atoms with Crippen LogP contribution in [0.15, 0.2) is 84.9 Å². The van der Waals surface area contributed by atoms with Crippen LogP contribution in [0.2, 0.25) is 0 Å². The molecule has 1 fully saturated rings. The van der Waals surface area contributed by atoms with Crippen LogP contribution in [0.3, 0.4) is 0 Å². The number of hydrogen-bond donors (Lipinski definition) is 2. The van der Waals surface area contributed by atoms with Crippen molar-refractivity contribution in [3.8, 4) is 34.5 Å². The molecule has 1 heterocycles. The normalized spacial score (nSPS) is 21.1. The number of phenols is 2. The quantitative estimate of drug-likeness (QED) is 0.187. The number of ether oxygens (including phenoxy) is 2. The van der Waals surface area contributed by atoms with E-state index in [1.54, 1.807) is 0 Å². The van der Waals surface area contributed by atoms with E-state index in [0.29, 0.717) is 33.5 Å². The average molecular weight is 776 g/mol. The van der Waals surface area contributed by atoms with Crippen molar-refractivity contribution in [2.45, 2.75) is 113 Å². The molecule has 0 aromatic heterocycles. The molecule has 0 saturated heterocycles. The summed E-state index contributed by atoms with van der Waals surface area (Å²) in [5.74, 6) is 5.08. The number of hydrogen-bond acceptors (Lipinski definition) is 4. The second kappa shape index (κ2) is 15.5. The summed E-state index contributed by atoms with van der Waals surface area (Å²) >= 11 is -0.910. The molecule has 0 radical (unpaired) electrons. The SMILES string of the molecule is CC(C)(C)c1cc(C[S]2=[Zr]=[S](Cc3cc(C(C)(C)C)cc(Oc4ccccc4)c3O)[C@H]3CCCCCCC32)c(O)c(Oc2ccccc2)c1. The van der Waals surface area contributed by atoms with E-state index in [9.17, 15) is 10.2 Å². The van der Waals surface area contributed by atoms with Gasteiger partial charge in [0, 0.05) is 0 Å². The van der Waals surface area contributed by atoms with Crippen LogP contribution in [0.1, 0.15) is 102 Å². The Morgan fingerprint density at radius 2 is 0.980 bits per heavy atom. The second-order valence-electron chi connectivity index (χ2n) is 15.6. The molecular weight excluding hydrogens is 724 g/mol. The third-order valence-corrected chi connectivity index (χ3v) is 31.5. The molecule has 1 aliphatic carbocycles. The Kier molecular flexibility index (Phi) is 11.5. The molecule has 2 aliphatic rings. The molecular formula is C42H52O4S2Zr. The molecule has 4 atom stereocenters. The predicted molar refractivity (Wildman–Crippen MR) is 205 cm³/mol. The van der Waals surface area contributed by atoms with Crippen LogP contribution < -0.4 is 9.47 Å². The molecule has 3 unspecified atom stereocenters. The first-order valence-electron chi connectivity index (χ1n) is 17.7. The summed E-state index contributed by atoms with van der Waals surface area (Å²) in [5.41, 5.74) is 4.34. The Bertz CT molecular complexity index is 1720. The first-order valence-corrected chi connectivity index (χ1v) is 26.6. The Balaban J connectivity index is 1.41. The van der Waals surface area contributed by atoms with Crippen molar-refractivity contribution in [3.63, 3.8) is 0 Å². The van der Waals surface area contributed by atoms with Crippen molar-refractivity contribution in [1.29, 1.82) is 0 Å². The molecule has 260 valence electrons. The van der Waals surface area contributed by atoms with Gasteiger partial charge in [-0.1, -0.05) is 0 Å². The van der Waals surface area contributed by atoms with Crippen molar-refractivity contribution in [2.24, 2.45) is 0 Å². The zero-order chi connectivity index (χ0) is 34.8. The fourth-order valence-electron chi connectivity index (χ4n) is 6.74. The summed E-state index contributed by atoms with van der Waals surface area (Å²) in [4.78, 5) is 0. The zero-order valence-electron chi connectivity index (χ0n) is 29.9. The van der Waals surface area contributed by atoms with Gasteiger partial charge >= 0.3 is 308 Å². The molecule has 4 nitrogen and oxygen atoms in total. The molecule has 4 aromatic rings. The molecule has 1 saturated carbocycles. The maximum atomic E-state index is 11.7. The van der Waals surface area contributed by atoms with E-state index in [0.717, 1.165) is 34.1 Å². The van der Waals surface area contributed by atoms with Crippen molar-refractivity contribution < 1.29 is 38.8 Å². The molecule has 6 rings (SSSR count). The third-order valence-electron chi connectivity index (χ3n) is 9.69. The number of phenolic OH excluding ortho intramolecular Hbond substituents is 2. The zero-order valence-corrected chi connectivity index (χ0v) is 34.0. The fourth-order valence-corrected chi connectivity index (χ4v) is 35.6. The van der Waals surface area contributed by atoms with Crippen LogP contribution >= 0.6 is 14.2 Å². The monoisotopic (exact) mass is 774 g/mol. The summed E-state index contributed by atoms with van der Waals surface area (Å²) in [7, 11) is 0.541. The first-order chi connectivity index (χ1) is 23.4. The van der Waals surface area contributed by atoms with Crippen molar-refractivity contribution in [1.82, 2.24) is 0 Å². The number of fused-ring (bicyclic) bond motifs is 1. The Labute approximate surface area is 305 Å². The van der Waals surface area contributed by atoms with Gasteiger partial charge in [-0.25, -0.2) is 0 Å². The van der Waals surface area contributed by atoms with Gasteiger partial charge in [-0.15, -0.1) is 0 Å². The summed E-state index contributed by atoms with van der Waals surface area (Å²) in [6.45, 7) is 13.4. The van der Waals surface area contributed by atoms with Crippen LogP contribution in [0.5, 0.6) is 34.5 Å². The van der Waals surface area contributed by atoms with Crippen LogP contribution in [-0.4, -0.2) is 20.7 Å². The van der Waals surface area contributed by atoms with Gasteiger partial charge < -0.3 is 0 Å². The number of aromatic hydroxyl groups is 2. The summed E-state index contributed by atoms with van der Waals surface area (Å²) in [5, 5.41) is 24.9. The molecule has 0 bridgehead atoms. The van der Waals surface area contributed by atoms with E-state index in [-0.39, 0.29) is 25.1 Å². The standard InChI is InChI=1S/C42H52O4S2.Zr/c1-41(2,3)31-23-29(39(43)35(25-31)45-33-17-11-9-12-18-33)27-47-37-21-15-7-8-16-22-38(37)48-28-30-24-32(42(4,5)6)26-36(40(30)44)46-34-19-13-10-14-20-34;/h9-14,17-20,23-26,37-38,43-44H,7-8,15-16,21-22,27-28H2,1-6H3;/t37-,38?;/m0./s1. The van der Waals surface area contributed by atoms with E-state index < -0.39 is 19.2 Å². The molecule has 0 amide bonds. The van der Waals surface area contributed by atoms with Crippen LogP contribution in [0.25, 0.3) is 0 Å². The first kappa shape index (κ1) is 36.5. The molecule has 4 aromatic carbocycles. The van der Waals surface area contributed by atoms with Crippen LogP contribution in [0.4, 0.5) is 0 Å². The summed E-state index contributed by atoms with van der Waals surface area (Å²) in [6, 6.07) is 28.2. The van der Waals surface area contributed by atoms with Crippen molar-refractivity contribution in [2.75, 3.05) is 0 Å². The number of benzene rings is 4. The van der Waals surface area contributed by atoms with Crippen LogP contribution in [-0.2, 0) is 41.5 Å². The van der Waals surface area contributed by atoms with Gasteiger partial charge in [0.1, 0.15) is 0 Å². The average Bonchev–Trinajstić information content (AvgIpc) is 3.34. The third kappa shape index (κ3) is 8.94. The maximum absolute atomic E-state index is 11.7. The fraction of sp³-hybridized carbons (Fsp3) is 0.429. The van der Waals surface area contributed by atoms with Gasteiger partial charge in [0.25, 0.3) is 0 Å². The summed E-state index contributed by atoms with van der Waals surface area (Å²) < 4.78 is 12.7. The Morgan fingerprint density at radius 1 is 0.592 bits per heavy atom. The van der Waals surface area contributed by atoms with Gasteiger partial charge in [0.15, 0.2) is 0 Å². The Morgan fingerprint density at radius 3 is 1.35 bits per heavy atom. The number of para-hydroxylation sites is 2. The van der Waals surface area contributed by atoms with E-state index in [4.69, 9.17) is 9.47 Å². The molecule has 49 heavy (non-hydrogen) atoms. The van der Waals surface area contributed by atoms with E-state index in [2.05, 4.69) is 53.7 Å². The van der Waals surface area contributed by atoms with Gasteiger partial charge in [0.05, 0.1) is 0 Å². The van der Waals surface area contributed by atoms with Crippen molar-refractivity contribution >= 4 is 14.2 Å². The minimum absolute atomic E-state index is 0.0712. The van der Waals surface area contributed by atoms with Crippen LogP contribution in [0, 0.1) is 0 Å². The Hall–Kier alpha value is -2.34. The minimum atomic E-state index is -0.910. The van der Waals surface area contributed by atoms with Gasteiger partial charge in [0.2, 0.25) is 0 Å². The van der Waals surface area contributed by atoms with Gasteiger partial charge in [-0.2, -0.15) is 0 Å². The molecule has 0 spiro atoms. The topological polar surface area (TPSA) is 58.9 Å². The molecule has 2 N–H and O–H groups in total. The number of rotatable bonds is 8. The van der Waals surface area contributed by atoms with E-state index in [1.165, 1.54) is 49.7 Å². The van der Waals surface area contributed by atoms with E-state index in [1.807, 2.05) is 72.8 Å². The van der Waals surface area contributed by atoms with E-state index >= 15 is 0 Å². The predicted octanol–water partition coefficient (Wildman–Crippen LogP) is 12.5. The van der Waals surface area contributed by atoms with Crippen molar-refractivity contribution in [3.05, 3.63) is 107 Å². The summed E-state index contributed by atoms with van der Waals surface area (Å²) in [6.07, 6.45) is 7.85.